The second kappa shape index (κ2) is 3.96. The Kier molecular flexibility index (Phi) is 3.50. The summed E-state index contributed by atoms with van der Waals surface area (Å²) in [5.41, 5.74) is 0. The summed E-state index contributed by atoms with van der Waals surface area (Å²) in [4.78, 5) is 11.5. The van der Waals surface area contributed by atoms with Gasteiger partial charge in [0.15, 0.2) is 0 Å². The molecule has 0 aromatic carbocycles. The van der Waals surface area contributed by atoms with Crippen molar-refractivity contribution in [2.45, 2.75) is 20.1 Å². The number of allylic oxidation sites excluding steroid dienone is 2. The molecule has 1 nitrogen and oxygen atoms in total. The summed E-state index contributed by atoms with van der Waals surface area (Å²) in [6, 6.07) is 0. The molecule has 10 heavy (non-hydrogen) atoms. The Bertz CT molecular complexity index is 157. The Balaban J connectivity index is 2.43. The van der Waals surface area contributed by atoms with Gasteiger partial charge in [0.1, 0.15) is 0 Å². The Morgan fingerprint density at radius 3 is 2.50 bits per heavy atom. The van der Waals surface area contributed by atoms with Gasteiger partial charge >= 0.3 is 78.0 Å². The first kappa shape index (κ1) is 8.85. The molecule has 0 amide bonds. The van der Waals surface area contributed by atoms with Crippen LogP contribution >= 0.6 is 15.9 Å². The monoisotopic (exact) mass is 304 g/mol. The van der Waals surface area contributed by atoms with Crippen molar-refractivity contribution in [1.82, 2.24) is 0 Å². The maximum absolute atomic E-state index is 11.4. The molecule has 0 radical (unpaired) electrons. The minimum atomic E-state index is -1.69. The molecule has 1 atom stereocenters. The van der Waals surface area contributed by atoms with E-state index in [-0.39, 0.29) is 4.83 Å². The van der Waals surface area contributed by atoms with Crippen LogP contribution in [-0.4, -0.2) is 29.8 Å². The van der Waals surface area contributed by atoms with Crippen LogP contribution in [0.5, 0.6) is 0 Å². The van der Waals surface area contributed by atoms with Gasteiger partial charge < -0.3 is 0 Å². The third-order valence-electron chi connectivity index (χ3n) is 1.80. The van der Waals surface area contributed by atoms with Crippen molar-refractivity contribution in [3.8, 4) is 0 Å². The average molecular weight is 305 g/mol. The van der Waals surface area contributed by atoms with Crippen molar-refractivity contribution in [2.24, 2.45) is 0 Å². The summed E-state index contributed by atoms with van der Waals surface area (Å²) in [5, 5.41) is 0. The quantitative estimate of drug-likeness (QED) is 0.563. The second-order valence-electron chi connectivity index (χ2n) is 2.66. The molecule has 0 aliphatic carbocycles. The van der Waals surface area contributed by atoms with E-state index in [0.717, 1.165) is 8.35 Å². The SMILES string of the molecule is CC(Br)[C](=O)[In]1[CH2]C=C[CH2]1. The van der Waals surface area contributed by atoms with Crippen LogP contribution in [0.3, 0.4) is 0 Å². The Morgan fingerprint density at radius 1 is 1.60 bits per heavy atom. The normalized spacial score (nSPS) is 19.6. The van der Waals surface area contributed by atoms with Gasteiger partial charge in [-0.05, 0) is 0 Å². The Morgan fingerprint density at radius 2 is 2.10 bits per heavy atom. The topological polar surface area (TPSA) is 17.1 Å². The summed E-state index contributed by atoms with van der Waals surface area (Å²) in [5.74, 6) is 0. The summed E-state index contributed by atoms with van der Waals surface area (Å²) < 4.78 is 2.85. The van der Waals surface area contributed by atoms with Crippen molar-refractivity contribution in [3.05, 3.63) is 12.2 Å². The predicted octanol–water partition coefficient (Wildman–Crippen LogP) is 1.94. The van der Waals surface area contributed by atoms with Crippen LogP contribution in [-0.2, 0) is 4.79 Å². The minimum absolute atomic E-state index is 0.119. The summed E-state index contributed by atoms with van der Waals surface area (Å²) in [7, 11) is 0. The van der Waals surface area contributed by atoms with Crippen molar-refractivity contribution in [2.75, 3.05) is 0 Å². The van der Waals surface area contributed by atoms with E-state index >= 15 is 0 Å². The van der Waals surface area contributed by atoms with E-state index in [1.807, 2.05) is 6.92 Å². The van der Waals surface area contributed by atoms with Crippen LogP contribution in [0.4, 0.5) is 0 Å². The van der Waals surface area contributed by atoms with Crippen LogP contribution in [0.1, 0.15) is 6.92 Å². The fourth-order valence-corrected chi connectivity index (χ4v) is 10.4. The fraction of sp³-hybridized carbons (Fsp3) is 0.571. The number of alkyl halides is 1. The molecule has 0 N–H and O–H groups in total. The van der Waals surface area contributed by atoms with Gasteiger partial charge in [-0.3, -0.25) is 0 Å². The van der Waals surface area contributed by atoms with E-state index in [1.165, 1.54) is 0 Å². The third-order valence-corrected chi connectivity index (χ3v) is 12.2. The molecule has 0 aromatic heterocycles. The zero-order valence-electron chi connectivity index (χ0n) is 6.01. The van der Waals surface area contributed by atoms with E-state index in [9.17, 15) is 4.79 Å². The molecule has 0 bridgehead atoms. The Hall–Kier alpha value is 0.760. The molecule has 1 aliphatic rings. The second-order valence-corrected chi connectivity index (χ2v) is 12.3. The van der Waals surface area contributed by atoms with Gasteiger partial charge in [-0.15, -0.1) is 0 Å². The van der Waals surface area contributed by atoms with Crippen molar-refractivity contribution >= 4 is 40.9 Å². The van der Waals surface area contributed by atoms with Gasteiger partial charge in [-0.25, -0.2) is 0 Å². The van der Waals surface area contributed by atoms with Crippen LogP contribution in [0, 0.1) is 0 Å². The first-order valence-corrected chi connectivity index (χ1v) is 10.8. The molecule has 1 unspecified atom stereocenters. The van der Waals surface area contributed by atoms with Crippen molar-refractivity contribution in [3.63, 3.8) is 0 Å². The fourth-order valence-electron chi connectivity index (χ4n) is 1.17. The average Bonchev–Trinajstić information content (AvgIpc) is 2.36. The third kappa shape index (κ3) is 2.12. The molecule has 0 spiro atoms. The molecule has 0 fully saturated rings. The van der Waals surface area contributed by atoms with Crippen LogP contribution in [0.15, 0.2) is 12.2 Å². The zero-order chi connectivity index (χ0) is 7.56. The molecular weight excluding hydrogens is 295 g/mol. The number of hydrogen-bond acceptors (Lipinski definition) is 1. The predicted molar refractivity (Wildman–Crippen MR) is 47.9 cm³/mol. The van der Waals surface area contributed by atoms with Gasteiger partial charge in [0, 0.05) is 0 Å². The van der Waals surface area contributed by atoms with E-state index in [4.69, 9.17) is 0 Å². The van der Waals surface area contributed by atoms with Crippen LogP contribution in [0.2, 0.25) is 8.35 Å². The van der Waals surface area contributed by atoms with Crippen LogP contribution in [0.25, 0.3) is 0 Å². The molecule has 1 rings (SSSR count). The first-order valence-electron chi connectivity index (χ1n) is 3.54. The Labute approximate surface area is 77.5 Å². The number of rotatable bonds is 2. The molecule has 54 valence electrons. The molecule has 1 aliphatic heterocycles. The molecule has 1 heterocycles. The van der Waals surface area contributed by atoms with E-state index in [1.54, 1.807) is 0 Å². The summed E-state index contributed by atoms with van der Waals surface area (Å²) >= 11 is 1.64. The number of hydrogen-bond donors (Lipinski definition) is 0. The van der Waals surface area contributed by atoms with Gasteiger partial charge in [-0.1, -0.05) is 0 Å². The number of carbonyl (C=O) groups excluding carboxylic acids is 1. The van der Waals surface area contributed by atoms with E-state index in [2.05, 4.69) is 28.1 Å². The van der Waals surface area contributed by atoms with Gasteiger partial charge in [0.25, 0.3) is 0 Å². The molecular formula is C7H10BrInO. The van der Waals surface area contributed by atoms with Crippen LogP contribution < -0.4 is 0 Å². The molecule has 3 heteroatoms. The van der Waals surface area contributed by atoms with E-state index < -0.39 is 21.4 Å². The maximum atomic E-state index is 11.4. The number of halogens is 1. The van der Waals surface area contributed by atoms with Gasteiger partial charge in [-0.2, -0.15) is 0 Å². The van der Waals surface area contributed by atoms with Gasteiger partial charge in [0.2, 0.25) is 0 Å². The molecule has 0 saturated carbocycles. The first-order chi connectivity index (χ1) is 4.72. The molecule has 0 saturated heterocycles. The van der Waals surface area contributed by atoms with Gasteiger partial charge in [0.05, 0.1) is 0 Å². The standard InChI is InChI=1S/C4H6.C3H4BrO.In/c1-3-4-2;1-3(4)2-5;/h3-4H,1-2H2;3H,1H3;. The zero-order valence-corrected chi connectivity index (χ0v) is 10.9. The van der Waals surface area contributed by atoms with Crippen molar-refractivity contribution in [1.29, 1.82) is 0 Å². The van der Waals surface area contributed by atoms with E-state index in [0.29, 0.717) is 3.54 Å². The van der Waals surface area contributed by atoms with Crippen molar-refractivity contribution < 1.29 is 4.79 Å². The molecule has 0 aromatic rings. The number of carbonyl (C=O) groups is 1. The summed E-state index contributed by atoms with van der Waals surface area (Å²) in [6.07, 6.45) is 4.35. The summed E-state index contributed by atoms with van der Waals surface area (Å²) in [6.45, 7) is 1.94.